The number of hydrogen-bond acceptors (Lipinski definition) is 5. The average molecular weight is 251 g/mol. The van der Waals surface area contributed by atoms with Gasteiger partial charge in [0.15, 0.2) is 5.82 Å². The Morgan fingerprint density at radius 2 is 2.17 bits per heavy atom. The average Bonchev–Trinajstić information content (AvgIpc) is 3.12. The number of methoxy groups -OCH3 is 1. The zero-order valence-corrected chi connectivity index (χ0v) is 10.7. The van der Waals surface area contributed by atoms with Gasteiger partial charge in [-0.3, -0.25) is 0 Å². The molecule has 1 aromatic rings. The predicted molar refractivity (Wildman–Crippen MR) is 68.1 cm³/mol. The first-order chi connectivity index (χ1) is 8.61. The molecule has 0 spiro atoms. The van der Waals surface area contributed by atoms with Crippen molar-refractivity contribution in [2.75, 3.05) is 31.4 Å². The Morgan fingerprint density at radius 1 is 1.44 bits per heavy atom. The lowest BCUT2D eigenvalue weighted by atomic mass is 10.4. The van der Waals surface area contributed by atoms with Gasteiger partial charge in [-0.2, -0.15) is 4.98 Å². The summed E-state index contributed by atoms with van der Waals surface area (Å²) in [5, 5.41) is 5.58. The lowest BCUT2D eigenvalue weighted by Crippen LogP contribution is -2.31. The number of nitrogens with one attached hydrogen (secondary N) is 2. The summed E-state index contributed by atoms with van der Waals surface area (Å²) in [5.41, 5.74) is 0.475. The highest BCUT2D eigenvalue weighted by Crippen LogP contribution is 2.30. The number of aromatic nitrogens is 2. The van der Waals surface area contributed by atoms with Gasteiger partial charge in [0.25, 0.3) is 0 Å². The first-order valence-corrected chi connectivity index (χ1v) is 5.75. The molecule has 7 heteroatoms. The maximum atomic E-state index is 11.8. The van der Waals surface area contributed by atoms with Gasteiger partial charge in [-0.25, -0.2) is 9.78 Å². The summed E-state index contributed by atoms with van der Waals surface area (Å²) in [6, 6.07) is 0.0390. The van der Waals surface area contributed by atoms with E-state index in [0.29, 0.717) is 23.4 Å². The SMILES string of the molecule is COc1ncnc(N(C)C)c1NC(=O)NC1CC1. The Labute approximate surface area is 106 Å². The largest absolute Gasteiger partial charge is 0.479 e. The van der Waals surface area contributed by atoms with E-state index in [9.17, 15) is 4.79 Å². The Balaban J connectivity index is 2.19. The van der Waals surface area contributed by atoms with Crippen LogP contribution < -0.4 is 20.3 Å². The summed E-state index contributed by atoms with van der Waals surface area (Å²) in [5.74, 6) is 0.951. The van der Waals surface area contributed by atoms with Gasteiger partial charge in [-0.05, 0) is 12.8 Å². The van der Waals surface area contributed by atoms with Crippen molar-refractivity contribution in [3.63, 3.8) is 0 Å². The third-order valence-corrected chi connectivity index (χ3v) is 2.56. The number of hydrogen-bond donors (Lipinski definition) is 2. The van der Waals surface area contributed by atoms with Crippen molar-refractivity contribution in [1.82, 2.24) is 15.3 Å². The monoisotopic (exact) mass is 251 g/mol. The number of ether oxygens (including phenoxy) is 1. The molecule has 2 N–H and O–H groups in total. The molecule has 1 saturated carbocycles. The van der Waals surface area contributed by atoms with Gasteiger partial charge in [-0.1, -0.05) is 0 Å². The summed E-state index contributed by atoms with van der Waals surface area (Å²) in [6.07, 6.45) is 3.48. The van der Waals surface area contributed by atoms with Crippen LogP contribution in [0.4, 0.5) is 16.3 Å². The molecular weight excluding hydrogens is 234 g/mol. The van der Waals surface area contributed by atoms with E-state index >= 15 is 0 Å². The fraction of sp³-hybridized carbons (Fsp3) is 0.545. The number of urea groups is 1. The van der Waals surface area contributed by atoms with Crippen LogP contribution in [0.5, 0.6) is 5.88 Å². The van der Waals surface area contributed by atoms with Gasteiger partial charge >= 0.3 is 6.03 Å². The topological polar surface area (TPSA) is 79.4 Å². The molecule has 0 saturated heterocycles. The fourth-order valence-corrected chi connectivity index (χ4v) is 1.53. The molecular formula is C11H17N5O2. The van der Waals surface area contributed by atoms with Crippen LogP contribution in [0.2, 0.25) is 0 Å². The maximum Gasteiger partial charge on any atom is 0.319 e. The van der Waals surface area contributed by atoms with Crippen molar-refractivity contribution >= 4 is 17.5 Å². The lowest BCUT2D eigenvalue weighted by Gasteiger charge is -2.18. The molecule has 1 aliphatic carbocycles. The molecule has 0 aromatic carbocycles. The summed E-state index contributed by atoms with van der Waals surface area (Å²) in [4.78, 5) is 21.7. The van der Waals surface area contributed by atoms with Crippen molar-refractivity contribution in [3.8, 4) is 5.88 Å². The maximum absolute atomic E-state index is 11.8. The van der Waals surface area contributed by atoms with E-state index < -0.39 is 0 Å². The van der Waals surface area contributed by atoms with Gasteiger partial charge in [0.2, 0.25) is 5.88 Å². The van der Waals surface area contributed by atoms with Crippen LogP contribution >= 0.6 is 0 Å². The van der Waals surface area contributed by atoms with Crippen LogP contribution in [0.15, 0.2) is 6.33 Å². The first kappa shape index (κ1) is 12.4. The summed E-state index contributed by atoms with van der Waals surface area (Å²) in [7, 11) is 5.18. The molecule has 1 aliphatic rings. The van der Waals surface area contributed by atoms with Crippen LogP contribution in [0.25, 0.3) is 0 Å². The van der Waals surface area contributed by atoms with Crippen molar-refractivity contribution in [2.45, 2.75) is 18.9 Å². The summed E-state index contributed by atoms with van der Waals surface area (Å²) < 4.78 is 5.14. The van der Waals surface area contributed by atoms with E-state index in [-0.39, 0.29) is 6.03 Å². The molecule has 0 unspecified atom stereocenters. The first-order valence-electron chi connectivity index (χ1n) is 5.75. The summed E-state index contributed by atoms with van der Waals surface area (Å²) >= 11 is 0. The highest BCUT2D eigenvalue weighted by atomic mass is 16.5. The van der Waals surface area contributed by atoms with Crippen LogP contribution in [0.3, 0.4) is 0 Å². The zero-order valence-electron chi connectivity index (χ0n) is 10.7. The predicted octanol–water partition coefficient (Wildman–Crippen LogP) is 0.835. The minimum absolute atomic E-state index is 0.256. The smallest absolute Gasteiger partial charge is 0.319 e. The van der Waals surface area contributed by atoms with Gasteiger partial charge in [0.05, 0.1) is 7.11 Å². The van der Waals surface area contributed by atoms with Crippen molar-refractivity contribution in [2.24, 2.45) is 0 Å². The number of amides is 2. The zero-order chi connectivity index (χ0) is 13.1. The highest BCUT2D eigenvalue weighted by molar-refractivity contribution is 5.94. The second-order valence-electron chi connectivity index (χ2n) is 4.35. The van der Waals surface area contributed by atoms with Gasteiger partial charge < -0.3 is 20.3 Å². The Hall–Kier alpha value is -2.05. The molecule has 18 heavy (non-hydrogen) atoms. The summed E-state index contributed by atoms with van der Waals surface area (Å²) in [6.45, 7) is 0. The van der Waals surface area contributed by atoms with E-state index in [1.165, 1.54) is 13.4 Å². The molecule has 2 rings (SSSR count). The molecule has 0 aliphatic heterocycles. The van der Waals surface area contributed by atoms with Gasteiger partial charge in [0, 0.05) is 20.1 Å². The van der Waals surface area contributed by atoms with Crippen LogP contribution in [0.1, 0.15) is 12.8 Å². The second-order valence-corrected chi connectivity index (χ2v) is 4.35. The Kier molecular flexibility index (Phi) is 3.50. The molecule has 0 radical (unpaired) electrons. The minimum Gasteiger partial charge on any atom is -0.479 e. The lowest BCUT2D eigenvalue weighted by molar-refractivity contribution is 0.251. The van der Waals surface area contributed by atoms with Crippen LogP contribution in [-0.2, 0) is 0 Å². The molecule has 1 aromatic heterocycles. The normalized spacial score (nSPS) is 13.9. The third-order valence-electron chi connectivity index (χ3n) is 2.56. The van der Waals surface area contributed by atoms with Crippen molar-refractivity contribution in [3.05, 3.63) is 6.33 Å². The third kappa shape index (κ3) is 2.79. The van der Waals surface area contributed by atoms with E-state index in [2.05, 4.69) is 20.6 Å². The number of rotatable bonds is 4. The molecule has 1 fully saturated rings. The van der Waals surface area contributed by atoms with E-state index in [0.717, 1.165) is 12.8 Å². The minimum atomic E-state index is -0.256. The molecule has 98 valence electrons. The second kappa shape index (κ2) is 5.07. The Bertz CT molecular complexity index is 445. The number of carbonyl (C=O) groups is 1. The fourth-order valence-electron chi connectivity index (χ4n) is 1.53. The van der Waals surface area contributed by atoms with E-state index in [4.69, 9.17) is 4.74 Å². The van der Waals surface area contributed by atoms with Crippen LogP contribution in [0, 0.1) is 0 Å². The number of anilines is 2. The number of nitrogens with zero attached hydrogens (tertiary/aromatic N) is 3. The van der Waals surface area contributed by atoms with Gasteiger partial charge in [-0.15, -0.1) is 0 Å². The molecule has 2 amide bonds. The van der Waals surface area contributed by atoms with E-state index in [1.54, 1.807) is 4.90 Å². The van der Waals surface area contributed by atoms with Crippen LogP contribution in [-0.4, -0.2) is 43.2 Å². The quantitative estimate of drug-likeness (QED) is 0.828. The highest BCUT2D eigenvalue weighted by Gasteiger charge is 2.24. The number of carbonyl (C=O) groups excluding carboxylic acids is 1. The van der Waals surface area contributed by atoms with Crippen molar-refractivity contribution in [1.29, 1.82) is 0 Å². The standard InChI is InChI=1S/C11H17N5O2/c1-16(2)9-8(10(18-3)13-6-12-9)15-11(17)14-7-4-5-7/h6-7H,4-5H2,1-3H3,(H2,14,15,17). The molecule has 0 bridgehead atoms. The Morgan fingerprint density at radius 3 is 2.72 bits per heavy atom. The molecule has 7 nitrogen and oxygen atoms in total. The van der Waals surface area contributed by atoms with E-state index in [1.807, 2.05) is 14.1 Å². The van der Waals surface area contributed by atoms with Crippen molar-refractivity contribution < 1.29 is 9.53 Å². The van der Waals surface area contributed by atoms with Gasteiger partial charge in [0.1, 0.15) is 12.0 Å². The molecule has 0 atom stereocenters. The molecule has 1 heterocycles.